The zero-order valence-electron chi connectivity index (χ0n) is 10.3. The van der Waals surface area contributed by atoms with Crippen molar-refractivity contribution in [1.29, 1.82) is 0 Å². The Morgan fingerprint density at radius 1 is 1.41 bits per heavy atom. The van der Waals surface area contributed by atoms with Crippen LogP contribution in [0.25, 0.3) is 0 Å². The van der Waals surface area contributed by atoms with Gasteiger partial charge in [0.2, 0.25) is 10.0 Å². The minimum Gasteiger partial charge on any atom is -0.472 e. The van der Waals surface area contributed by atoms with Crippen LogP contribution in [0, 0.1) is 0 Å². The molecule has 1 heterocycles. The summed E-state index contributed by atoms with van der Waals surface area (Å²) in [6, 6.07) is 1.77. The Balaban J connectivity index is 2.41. The summed E-state index contributed by atoms with van der Waals surface area (Å²) < 4.78 is 30.1. The first-order chi connectivity index (χ1) is 8.06. The molecule has 0 fully saturated rings. The first kappa shape index (κ1) is 14.2. The Kier molecular flexibility index (Phi) is 5.67. The van der Waals surface area contributed by atoms with Crippen molar-refractivity contribution in [2.75, 3.05) is 26.4 Å². The van der Waals surface area contributed by atoms with Crippen molar-refractivity contribution in [3.05, 3.63) is 24.2 Å². The summed E-state index contributed by atoms with van der Waals surface area (Å²) in [6.45, 7) is 1.21. The first-order valence-electron chi connectivity index (χ1n) is 5.66. The van der Waals surface area contributed by atoms with E-state index >= 15 is 0 Å². The maximum Gasteiger partial charge on any atom is 0.214 e. The lowest BCUT2D eigenvalue weighted by atomic mass is 10.3. The van der Waals surface area contributed by atoms with E-state index in [9.17, 15) is 8.42 Å². The van der Waals surface area contributed by atoms with E-state index in [4.69, 9.17) is 4.42 Å². The van der Waals surface area contributed by atoms with Crippen molar-refractivity contribution in [3.63, 3.8) is 0 Å². The first-order valence-corrected chi connectivity index (χ1v) is 7.27. The minimum absolute atomic E-state index is 0.197. The van der Waals surface area contributed by atoms with Crippen LogP contribution >= 0.6 is 0 Å². The lowest BCUT2D eigenvalue weighted by Gasteiger charge is -2.16. The monoisotopic (exact) mass is 260 g/mol. The number of rotatable bonds is 8. The van der Waals surface area contributed by atoms with Gasteiger partial charge in [-0.15, -0.1) is 0 Å². The fourth-order valence-electron chi connectivity index (χ4n) is 1.48. The number of hydrogen-bond acceptors (Lipinski definition) is 4. The summed E-state index contributed by atoms with van der Waals surface area (Å²) in [6.07, 6.45) is 4.66. The summed E-state index contributed by atoms with van der Waals surface area (Å²) in [5.41, 5.74) is 0.867. The second-order valence-corrected chi connectivity index (χ2v) is 6.21. The van der Waals surface area contributed by atoms with Crippen molar-refractivity contribution in [1.82, 2.24) is 9.62 Å². The predicted molar refractivity (Wildman–Crippen MR) is 67.1 cm³/mol. The van der Waals surface area contributed by atoms with Crippen molar-refractivity contribution < 1.29 is 12.8 Å². The molecule has 1 N–H and O–H groups in total. The van der Waals surface area contributed by atoms with Crippen LogP contribution in [-0.2, 0) is 16.6 Å². The van der Waals surface area contributed by atoms with E-state index in [0.717, 1.165) is 18.5 Å². The zero-order valence-corrected chi connectivity index (χ0v) is 11.2. The van der Waals surface area contributed by atoms with E-state index in [2.05, 4.69) is 5.32 Å². The molecule has 0 aliphatic rings. The summed E-state index contributed by atoms with van der Waals surface area (Å²) >= 11 is 0. The van der Waals surface area contributed by atoms with Gasteiger partial charge in [-0.3, -0.25) is 0 Å². The minimum atomic E-state index is -3.15. The number of unbranched alkanes of at least 4 members (excludes halogenated alkanes) is 1. The second kappa shape index (κ2) is 6.78. The van der Waals surface area contributed by atoms with E-state index < -0.39 is 10.0 Å². The maximum absolute atomic E-state index is 11.9. The van der Waals surface area contributed by atoms with Crippen LogP contribution in [0.5, 0.6) is 0 Å². The molecule has 98 valence electrons. The quantitative estimate of drug-likeness (QED) is 0.709. The van der Waals surface area contributed by atoms with E-state index in [1.807, 2.05) is 7.05 Å². The summed E-state index contributed by atoms with van der Waals surface area (Å²) in [7, 11) is 0.305. The Bertz CT molecular complexity index is 400. The van der Waals surface area contributed by atoms with E-state index in [-0.39, 0.29) is 5.75 Å². The third-order valence-electron chi connectivity index (χ3n) is 2.54. The molecule has 0 atom stereocenters. The number of nitrogens with one attached hydrogen (secondary N) is 1. The molecule has 1 aromatic heterocycles. The van der Waals surface area contributed by atoms with Crippen molar-refractivity contribution in [2.24, 2.45) is 0 Å². The molecule has 0 saturated carbocycles. The highest BCUT2D eigenvalue weighted by Gasteiger charge is 2.17. The highest BCUT2D eigenvalue weighted by atomic mass is 32.2. The van der Waals surface area contributed by atoms with Gasteiger partial charge < -0.3 is 9.73 Å². The van der Waals surface area contributed by atoms with Crippen LogP contribution in [0.4, 0.5) is 0 Å². The molecule has 1 rings (SSSR count). The van der Waals surface area contributed by atoms with Gasteiger partial charge in [-0.25, -0.2) is 12.7 Å². The van der Waals surface area contributed by atoms with Crippen LogP contribution in [0.3, 0.4) is 0 Å². The highest BCUT2D eigenvalue weighted by Crippen LogP contribution is 2.09. The van der Waals surface area contributed by atoms with Gasteiger partial charge in [0, 0.05) is 19.2 Å². The van der Waals surface area contributed by atoms with Gasteiger partial charge in [0.15, 0.2) is 0 Å². The Morgan fingerprint density at radius 3 is 2.76 bits per heavy atom. The van der Waals surface area contributed by atoms with Crippen LogP contribution in [0.15, 0.2) is 23.0 Å². The van der Waals surface area contributed by atoms with Gasteiger partial charge in [0.1, 0.15) is 0 Å². The molecule has 0 unspecified atom stereocenters. The average molecular weight is 260 g/mol. The molecule has 0 saturated heterocycles. The molecule has 1 aromatic rings. The molecular formula is C11H20N2O3S. The molecule has 0 aliphatic heterocycles. The van der Waals surface area contributed by atoms with Crippen LogP contribution in [0.1, 0.15) is 18.4 Å². The zero-order chi connectivity index (χ0) is 12.7. The number of furan rings is 1. The lowest BCUT2D eigenvalue weighted by Crippen LogP contribution is -2.29. The SMILES string of the molecule is CNCCCCS(=O)(=O)N(C)Cc1ccoc1. The average Bonchev–Trinajstić information content (AvgIpc) is 2.77. The molecule has 17 heavy (non-hydrogen) atoms. The van der Waals surface area contributed by atoms with Gasteiger partial charge in [-0.2, -0.15) is 0 Å². The normalized spacial score (nSPS) is 12.2. The maximum atomic E-state index is 11.9. The van der Waals surface area contributed by atoms with Crippen LogP contribution in [0.2, 0.25) is 0 Å². The van der Waals surface area contributed by atoms with Gasteiger partial charge in [-0.1, -0.05) is 0 Å². The molecule has 0 aliphatic carbocycles. The van der Waals surface area contributed by atoms with E-state index in [1.165, 1.54) is 4.31 Å². The number of sulfonamides is 1. The van der Waals surface area contributed by atoms with Crippen molar-refractivity contribution in [3.8, 4) is 0 Å². The molecule has 0 bridgehead atoms. The molecule has 0 aromatic carbocycles. The van der Waals surface area contributed by atoms with Crippen molar-refractivity contribution >= 4 is 10.0 Å². The largest absolute Gasteiger partial charge is 0.472 e. The molecule has 0 amide bonds. The Morgan fingerprint density at radius 2 is 2.18 bits per heavy atom. The molecule has 5 nitrogen and oxygen atoms in total. The van der Waals surface area contributed by atoms with Crippen LogP contribution in [-0.4, -0.2) is 39.1 Å². The Hall–Kier alpha value is -0.850. The van der Waals surface area contributed by atoms with Gasteiger partial charge in [0.05, 0.1) is 18.3 Å². The van der Waals surface area contributed by atoms with E-state index in [1.54, 1.807) is 25.6 Å². The predicted octanol–water partition coefficient (Wildman–Crippen LogP) is 1.04. The van der Waals surface area contributed by atoms with Gasteiger partial charge >= 0.3 is 0 Å². The summed E-state index contributed by atoms with van der Waals surface area (Å²) in [5.74, 6) is 0.197. The smallest absolute Gasteiger partial charge is 0.214 e. The van der Waals surface area contributed by atoms with Gasteiger partial charge in [-0.05, 0) is 32.5 Å². The van der Waals surface area contributed by atoms with E-state index in [0.29, 0.717) is 13.0 Å². The number of nitrogens with zero attached hydrogens (tertiary/aromatic N) is 1. The fraction of sp³-hybridized carbons (Fsp3) is 0.636. The molecular weight excluding hydrogens is 240 g/mol. The van der Waals surface area contributed by atoms with Gasteiger partial charge in [0.25, 0.3) is 0 Å². The molecule has 6 heteroatoms. The fourth-order valence-corrected chi connectivity index (χ4v) is 2.71. The third kappa shape index (κ3) is 4.89. The molecule has 0 radical (unpaired) electrons. The highest BCUT2D eigenvalue weighted by molar-refractivity contribution is 7.89. The topological polar surface area (TPSA) is 62.6 Å². The summed E-state index contributed by atoms with van der Waals surface area (Å²) in [4.78, 5) is 0. The lowest BCUT2D eigenvalue weighted by molar-refractivity contribution is 0.461. The third-order valence-corrected chi connectivity index (χ3v) is 4.42. The second-order valence-electron chi connectivity index (χ2n) is 4.01. The number of hydrogen-bond donors (Lipinski definition) is 1. The molecule has 0 spiro atoms. The van der Waals surface area contributed by atoms with Crippen LogP contribution < -0.4 is 5.32 Å². The standard InChI is InChI=1S/C11H20N2O3S/c1-12-6-3-4-8-17(14,15)13(2)9-11-5-7-16-10-11/h5,7,10,12H,3-4,6,8-9H2,1-2H3. The Labute approximate surface area is 103 Å². The summed E-state index contributed by atoms with van der Waals surface area (Å²) in [5, 5.41) is 3.00. The van der Waals surface area contributed by atoms with Crippen molar-refractivity contribution in [2.45, 2.75) is 19.4 Å².